The van der Waals surface area contributed by atoms with E-state index in [1.807, 2.05) is 75.4 Å². The first kappa shape index (κ1) is 28.4. The molecular weight excluding hydrogens is 539 g/mol. The summed E-state index contributed by atoms with van der Waals surface area (Å²) in [6, 6.07) is 23.4. The summed E-state index contributed by atoms with van der Waals surface area (Å²) in [7, 11) is 1.62. The Balaban J connectivity index is 1.77. The zero-order chi connectivity index (χ0) is 29.1. The number of nitrogens with one attached hydrogen (secondary N) is 1. The molecule has 1 aliphatic heterocycles. The molecule has 0 saturated heterocycles. The van der Waals surface area contributed by atoms with Crippen molar-refractivity contribution < 1.29 is 18.7 Å². The third-order valence-corrected chi connectivity index (χ3v) is 8.56. The SMILES string of the molecule is COc1ccccc1C1SCC(=O)N(CC(=O)NC(C)C(C)C)c2c1c(-c1ccccc1)nn2-c1ccc(F)cc1. The molecule has 9 heteroatoms. The van der Waals surface area contributed by atoms with Gasteiger partial charge in [0.1, 0.15) is 23.9 Å². The number of carbonyl (C=O) groups excluding carboxylic acids is 2. The highest BCUT2D eigenvalue weighted by molar-refractivity contribution is 8.00. The molecule has 0 aliphatic carbocycles. The van der Waals surface area contributed by atoms with Crippen LogP contribution in [0.25, 0.3) is 16.9 Å². The maximum absolute atomic E-state index is 14.0. The summed E-state index contributed by atoms with van der Waals surface area (Å²) >= 11 is 1.47. The summed E-state index contributed by atoms with van der Waals surface area (Å²) in [5, 5.41) is 7.72. The van der Waals surface area contributed by atoms with Gasteiger partial charge in [-0.1, -0.05) is 62.4 Å². The van der Waals surface area contributed by atoms with Crippen LogP contribution in [-0.2, 0) is 9.59 Å². The molecule has 7 nitrogen and oxygen atoms in total. The van der Waals surface area contributed by atoms with Gasteiger partial charge in [0.25, 0.3) is 0 Å². The number of hydrogen-bond acceptors (Lipinski definition) is 5. The van der Waals surface area contributed by atoms with Crippen LogP contribution in [0.1, 0.15) is 37.1 Å². The number of thioether (sulfide) groups is 1. The van der Waals surface area contributed by atoms with Gasteiger partial charge in [0.15, 0.2) is 0 Å². The number of methoxy groups -OCH3 is 1. The van der Waals surface area contributed by atoms with Gasteiger partial charge in [-0.3, -0.25) is 14.5 Å². The minimum absolute atomic E-state index is 0.0679. The van der Waals surface area contributed by atoms with Crippen LogP contribution < -0.4 is 15.0 Å². The molecule has 0 spiro atoms. The van der Waals surface area contributed by atoms with Crippen molar-refractivity contribution in [3.05, 3.63) is 95.8 Å². The molecule has 0 fully saturated rings. The lowest BCUT2D eigenvalue weighted by molar-refractivity contribution is -0.123. The second-order valence-electron chi connectivity index (χ2n) is 10.4. The summed E-state index contributed by atoms with van der Waals surface area (Å²) in [6.07, 6.45) is 0. The van der Waals surface area contributed by atoms with E-state index in [1.54, 1.807) is 23.9 Å². The van der Waals surface area contributed by atoms with Crippen molar-refractivity contribution in [2.75, 3.05) is 24.3 Å². The number of ether oxygens (including phenoxy) is 1. The number of hydrogen-bond donors (Lipinski definition) is 1. The molecule has 1 aromatic heterocycles. The van der Waals surface area contributed by atoms with Gasteiger partial charge in [-0.25, -0.2) is 9.07 Å². The van der Waals surface area contributed by atoms with E-state index in [2.05, 4.69) is 5.32 Å². The zero-order valence-electron chi connectivity index (χ0n) is 23.5. The molecule has 2 amide bonds. The van der Waals surface area contributed by atoms with Crippen LogP contribution in [0.3, 0.4) is 0 Å². The highest BCUT2D eigenvalue weighted by atomic mass is 32.2. The molecule has 4 aromatic rings. The van der Waals surface area contributed by atoms with Gasteiger partial charge in [0, 0.05) is 22.7 Å². The number of aromatic nitrogens is 2. The highest BCUT2D eigenvalue weighted by Gasteiger charge is 2.38. The summed E-state index contributed by atoms with van der Waals surface area (Å²) in [5.74, 6) is 0.676. The Hall–Kier alpha value is -4.11. The number of amides is 2. The van der Waals surface area contributed by atoms with Gasteiger partial charge in [0.05, 0.1) is 29.5 Å². The topological polar surface area (TPSA) is 76.5 Å². The minimum atomic E-state index is -0.382. The fourth-order valence-electron chi connectivity index (χ4n) is 4.83. The molecular formula is C32H33FN4O3S. The van der Waals surface area contributed by atoms with Crippen molar-refractivity contribution >= 4 is 29.4 Å². The first-order valence-electron chi connectivity index (χ1n) is 13.6. The molecule has 2 unspecified atom stereocenters. The van der Waals surface area contributed by atoms with Crippen LogP contribution in [0.15, 0.2) is 78.9 Å². The molecule has 0 radical (unpaired) electrons. The van der Waals surface area contributed by atoms with Crippen LogP contribution in [0.5, 0.6) is 5.75 Å². The number of benzene rings is 3. The van der Waals surface area contributed by atoms with Gasteiger partial charge in [0.2, 0.25) is 11.8 Å². The molecule has 5 rings (SSSR count). The molecule has 1 N–H and O–H groups in total. The fraction of sp³-hybridized carbons (Fsp3) is 0.281. The second-order valence-corrected chi connectivity index (χ2v) is 11.4. The molecule has 0 saturated carbocycles. The molecule has 3 aromatic carbocycles. The van der Waals surface area contributed by atoms with Gasteiger partial charge < -0.3 is 10.1 Å². The Morgan fingerprint density at radius 2 is 1.73 bits per heavy atom. The standard InChI is InChI=1S/C32H33FN4O3S/c1-20(2)21(3)34-27(38)18-36-28(39)19-41-31(25-12-8-9-13-26(25)40-4)29-30(22-10-6-5-7-11-22)35-37(32(29)36)24-16-14-23(33)15-17-24/h5-17,20-21,31H,18-19H2,1-4H3,(H,34,38). The van der Waals surface area contributed by atoms with E-state index in [0.717, 1.165) is 16.7 Å². The number of fused-ring (bicyclic) bond motifs is 1. The van der Waals surface area contributed by atoms with Crippen molar-refractivity contribution in [2.24, 2.45) is 5.92 Å². The van der Waals surface area contributed by atoms with E-state index in [-0.39, 0.29) is 47.1 Å². The number of rotatable bonds is 8. The lowest BCUT2D eigenvalue weighted by Crippen LogP contribution is -2.46. The summed E-state index contributed by atoms with van der Waals surface area (Å²) in [4.78, 5) is 28.7. The molecule has 41 heavy (non-hydrogen) atoms. The van der Waals surface area contributed by atoms with Gasteiger partial charge in [-0.2, -0.15) is 5.10 Å². The Morgan fingerprint density at radius 1 is 1.05 bits per heavy atom. The average molecular weight is 573 g/mol. The number of anilines is 1. The Morgan fingerprint density at radius 3 is 2.41 bits per heavy atom. The third kappa shape index (κ3) is 5.86. The first-order chi connectivity index (χ1) is 19.8. The van der Waals surface area contributed by atoms with Gasteiger partial charge >= 0.3 is 0 Å². The van der Waals surface area contributed by atoms with E-state index in [0.29, 0.717) is 22.9 Å². The van der Waals surface area contributed by atoms with Crippen molar-refractivity contribution in [1.29, 1.82) is 0 Å². The third-order valence-electron chi connectivity index (χ3n) is 7.32. The molecule has 2 heterocycles. The van der Waals surface area contributed by atoms with Crippen LogP contribution in [-0.4, -0.2) is 47.0 Å². The van der Waals surface area contributed by atoms with Crippen LogP contribution in [0, 0.1) is 11.7 Å². The number of carbonyl (C=O) groups is 2. The van der Waals surface area contributed by atoms with Gasteiger partial charge in [-0.15, -0.1) is 11.8 Å². The maximum atomic E-state index is 14.0. The van der Waals surface area contributed by atoms with Gasteiger partial charge in [-0.05, 0) is 43.2 Å². The fourth-order valence-corrected chi connectivity index (χ4v) is 6.05. The van der Waals surface area contributed by atoms with Crippen molar-refractivity contribution in [3.63, 3.8) is 0 Å². The van der Waals surface area contributed by atoms with Crippen LogP contribution in [0.2, 0.25) is 0 Å². The zero-order valence-corrected chi connectivity index (χ0v) is 24.3. The summed E-state index contributed by atoms with van der Waals surface area (Å²) in [5.41, 5.74) is 3.78. The Bertz CT molecular complexity index is 1540. The molecule has 1 aliphatic rings. The average Bonchev–Trinajstić information content (AvgIpc) is 3.30. The lowest BCUT2D eigenvalue weighted by Gasteiger charge is -2.25. The van der Waals surface area contributed by atoms with Crippen molar-refractivity contribution in [2.45, 2.75) is 32.1 Å². The minimum Gasteiger partial charge on any atom is -0.496 e. The maximum Gasteiger partial charge on any atom is 0.240 e. The number of para-hydroxylation sites is 1. The van der Waals surface area contributed by atoms with Crippen molar-refractivity contribution in [1.82, 2.24) is 15.1 Å². The molecule has 2 atom stereocenters. The summed E-state index contributed by atoms with van der Waals surface area (Å²) < 4.78 is 21.4. The van der Waals surface area contributed by atoms with Crippen LogP contribution >= 0.6 is 11.8 Å². The second kappa shape index (κ2) is 12.2. The van der Waals surface area contributed by atoms with E-state index in [1.165, 1.54) is 28.8 Å². The smallest absolute Gasteiger partial charge is 0.240 e. The normalized spacial score (nSPS) is 15.8. The summed E-state index contributed by atoms with van der Waals surface area (Å²) in [6.45, 7) is 5.83. The first-order valence-corrected chi connectivity index (χ1v) is 14.6. The van der Waals surface area contributed by atoms with E-state index < -0.39 is 0 Å². The van der Waals surface area contributed by atoms with Crippen LogP contribution in [0.4, 0.5) is 10.2 Å². The Kier molecular flexibility index (Phi) is 8.44. The predicted molar refractivity (Wildman–Crippen MR) is 161 cm³/mol. The monoisotopic (exact) mass is 572 g/mol. The van der Waals surface area contributed by atoms with E-state index in [4.69, 9.17) is 9.84 Å². The number of halogens is 1. The van der Waals surface area contributed by atoms with E-state index >= 15 is 0 Å². The quantitative estimate of drug-likeness (QED) is 0.280. The lowest BCUT2D eigenvalue weighted by atomic mass is 9.99. The van der Waals surface area contributed by atoms with E-state index in [9.17, 15) is 14.0 Å². The largest absolute Gasteiger partial charge is 0.496 e. The predicted octanol–water partition coefficient (Wildman–Crippen LogP) is 6.02. The Labute approximate surface area is 243 Å². The van der Waals surface area contributed by atoms with Crippen molar-refractivity contribution in [3.8, 4) is 22.7 Å². The molecule has 212 valence electrons. The molecule has 0 bridgehead atoms. The highest BCUT2D eigenvalue weighted by Crippen LogP contribution is 2.50. The number of nitrogens with zero attached hydrogens (tertiary/aromatic N) is 3.